The highest BCUT2D eigenvalue weighted by Gasteiger charge is 2.23. The fraction of sp³-hybridized carbons (Fsp3) is 0.250. The second-order valence-electron chi connectivity index (χ2n) is 6.00. The van der Waals surface area contributed by atoms with Crippen LogP contribution in [0.4, 0.5) is 5.69 Å². The molecule has 2 rings (SSSR count). The minimum atomic E-state index is -0.986. The molecule has 0 bridgehead atoms. The van der Waals surface area contributed by atoms with Crippen LogP contribution in [0, 0.1) is 6.92 Å². The second kappa shape index (κ2) is 8.80. The van der Waals surface area contributed by atoms with Gasteiger partial charge in [-0.2, -0.15) is 0 Å². The predicted molar refractivity (Wildman–Crippen MR) is 98.7 cm³/mol. The van der Waals surface area contributed by atoms with E-state index in [9.17, 15) is 14.4 Å². The molecule has 2 amide bonds. The summed E-state index contributed by atoms with van der Waals surface area (Å²) in [4.78, 5) is 36.3. The molecule has 6 heteroatoms. The topological polar surface area (TPSA) is 84.5 Å². The summed E-state index contributed by atoms with van der Waals surface area (Å²) in [7, 11) is 0. The molecule has 26 heavy (non-hydrogen) atoms. The maximum absolute atomic E-state index is 12.1. The van der Waals surface area contributed by atoms with Crippen LogP contribution in [-0.2, 0) is 14.3 Å². The lowest BCUT2D eigenvalue weighted by Gasteiger charge is -2.17. The Morgan fingerprint density at radius 1 is 0.923 bits per heavy atom. The van der Waals surface area contributed by atoms with Crippen molar-refractivity contribution in [2.24, 2.45) is 0 Å². The summed E-state index contributed by atoms with van der Waals surface area (Å²) in [6.45, 7) is 4.93. The van der Waals surface area contributed by atoms with Crippen LogP contribution in [0.25, 0.3) is 0 Å². The van der Waals surface area contributed by atoms with Gasteiger partial charge in [-0.25, -0.2) is 4.79 Å². The third-order valence-corrected chi connectivity index (χ3v) is 3.72. The van der Waals surface area contributed by atoms with Crippen molar-refractivity contribution < 1.29 is 19.1 Å². The van der Waals surface area contributed by atoms with E-state index in [-0.39, 0.29) is 5.91 Å². The number of anilines is 1. The normalized spacial score (nSPS) is 12.6. The number of carbonyl (C=O) groups excluding carboxylic acids is 3. The lowest BCUT2D eigenvalue weighted by Crippen LogP contribution is -2.42. The first-order valence-electron chi connectivity index (χ1n) is 8.30. The van der Waals surface area contributed by atoms with Gasteiger partial charge >= 0.3 is 5.97 Å². The number of aryl methyl sites for hydroxylation is 1. The molecule has 2 atom stereocenters. The van der Waals surface area contributed by atoms with Gasteiger partial charge in [0.2, 0.25) is 0 Å². The van der Waals surface area contributed by atoms with Gasteiger partial charge in [0.1, 0.15) is 6.04 Å². The van der Waals surface area contributed by atoms with Crippen molar-refractivity contribution in [1.29, 1.82) is 0 Å². The van der Waals surface area contributed by atoms with Crippen LogP contribution in [0.5, 0.6) is 0 Å². The van der Waals surface area contributed by atoms with Gasteiger partial charge in [-0.3, -0.25) is 9.59 Å². The lowest BCUT2D eigenvalue weighted by molar-refractivity contribution is -0.154. The molecule has 0 aliphatic heterocycles. The molecule has 6 nitrogen and oxygen atoms in total. The van der Waals surface area contributed by atoms with E-state index in [1.165, 1.54) is 13.8 Å². The third kappa shape index (κ3) is 5.44. The first-order chi connectivity index (χ1) is 12.4. The molecule has 0 aromatic heterocycles. The van der Waals surface area contributed by atoms with Crippen molar-refractivity contribution in [2.45, 2.75) is 32.9 Å². The van der Waals surface area contributed by atoms with Crippen LogP contribution in [0.3, 0.4) is 0 Å². The minimum absolute atomic E-state index is 0.383. The Morgan fingerprint density at radius 3 is 2.15 bits per heavy atom. The molecule has 0 radical (unpaired) electrons. The summed E-state index contributed by atoms with van der Waals surface area (Å²) in [6.07, 6.45) is -0.986. The van der Waals surface area contributed by atoms with Crippen LogP contribution < -0.4 is 10.6 Å². The maximum atomic E-state index is 12.1. The van der Waals surface area contributed by atoms with Crippen molar-refractivity contribution in [3.63, 3.8) is 0 Å². The van der Waals surface area contributed by atoms with Crippen LogP contribution in [0.2, 0.25) is 0 Å². The van der Waals surface area contributed by atoms with E-state index in [1.807, 2.05) is 19.1 Å². The second-order valence-corrected chi connectivity index (χ2v) is 6.00. The van der Waals surface area contributed by atoms with E-state index in [4.69, 9.17) is 4.74 Å². The van der Waals surface area contributed by atoms with Crippen molar-refractivity contribution in [2.75, 3.05) is 5.32 Å². The summed E-state index contributed by atoms with van der Waals surface area (Å²) >= 11 is 0. The van der Waals surface area contributed by atoms with Crippen molar-refractivity contribution >= 4 is 23.5 Å². The molecule has 0 fully saturated rings. The Balaban J connectivity index is 1.86. The number of esters is 1. The van der Waals surface area contributed by atoms with Gasteiger partial charge in [-0.1, -0.05) is 35.9 Å². The Bertz CT molecular complexity index is 772. The zero-order valence-electron chi connectivity index (χ0n) is 15.0. The quantitative estimate of drug-likeness (QED) is 0.781. The number of amides is 2. The first kappa shape index (κ1) is 19.2. The SMILES string of the molecule is Cc1ccc(NC(=O)[C@H](C)OC(=O)[C@H](C)NC(=O)c2ccccc2)cc1. The van der Waals surface area contributed by atoms with Gasteiger partial charge in [0, 0.05) is 11.3 Å². The third-order valence-electron chi connectivity index (χ3n) is 3.72. The molecule has 0 saturated heterocycles. The molecule has 136 valence electrons. The standard InChI is InChI=1S/C20H22N2O4/c1-13-9-11-17(12-10-13)22-18(23)15(3)26-20(25)14(2)21-19(24)16-7-5-4-6-8-16/h4-12,14-15H,1-3H3,(H,21,24)(H,22,23)/t14-,15-/m0/s1. The van der Waals surface area contributed by atoms with Gasteiger partial charge in [0.15, 0.2) is 6.10 Å². The van der Waals surface area contributed by atoms with E-state index in [1.54, 1.807) is 42.5 Å². The summed E-state index contributed by atoms with van der Waals surface area (Å²) < 4.78 is 5.14. The van der Waals surface area contributed by atoms with Gasteiger partial charge in [0.25, 0.3) is 11.8 Å². The summed E-state index contributed by atoms with van der Waals surface area (Å²) in [5.74, 6) is -1.50. The number of carbonyl (C=O) groups is 3. The Hall–Kier alpha value is -3.15. The van der Waals surface area contributed by atoms with Gasteiger partial charge in [0.05, 0.1) is 0 Å². The maximum Gasteiger partial charge on any atom is 0.329 e. The molecule has 0 heterocycles. The molecule has 2 N–H and O–H groups in total. The highest BCUT2D eigenvalue weighted by atomic mass is 16.5. The summed E-state index contributed by atoms with van der Waals surface area (Å²) in [5, 5.41) is 5.23. The van der Waals surface area contributed by atoms with Crippen molar-refractivity contribution in [1.82, 2.24) is 5.32 Å². The van der Waals surface area contributed by atoms with Crippen LogP contribution >= 0.6 is 0 Å². The molecular weight excluding hydrogens is 332 g/mol. The van der Waals surface area contributed by atoms with E-state index >= 15 is 0 Å². The van der Waals surface area contributed by atoms with Crippen molar-refractivity contribution in [3.05, 3.63) is 65.7 Å². The fourth-order valence-electron chi connectivity index (χ4n) is 2.14. The van der Waals surface area contributed by atoms with Gasteiger partial charge in [-0.15, -0.1) is 0 Å². The Kier molecular flexibility index (Phi) is 6.49. The van der Waals surface area contributed by atoms with E-state index in [2.05, 4.69) is 10.6 Å². The van der Waals surface area contributed by atoms with Crippen molar-refractivity contribution in [3.8, 4) is 0 Å². The highest BCUT2D eigenvalue weighted by molar-refractivity contribution is 5.98. The zero-order chi connectivity index (χ0) is 19.1. The molecule has 0 spiro atoms. The molecule has 0 unspecified atom stereocenters. The van der Waals surface area contributed by atoms with Crippen LogP contribution in [-0.4, -0.2) is 29.9 Å². The number of hydrogen-bond donors (Lipinski definition) is 2. The van der Waals surface area contributed by atoms with Gasteiger partial charge < -0.3 is 15.4 Å². The van der Waals surface area contributed by atoms with Crippen LogP contribution in [0.1, 0.15) is 29.8 Å². The molecule has 0 saturated carbocycles. The molecule has 2 aromatic carbocycles. The number of ether oxygens (including phenoxy) is 1. The average molecular weight is 354 g/mol. The number of hydrogen-bond acceptors (Lipinski definition) is 4. The monoisotopic (exact) mass is 354 g/mol. The first-order valence-corrected chi connectivity index (χ1v) is 8.30. The Labute approximate surface area is 152 Å². The predicted octanol–water partition coefficient (Wildman–Crippen LogP) is 2.68. The van der Waals surface area contributed by atoms with E-state index < -0.39 is 24.0 Å². The average Bonchev–Trinajstić information content (AvgIpc) is 2.64. The summed E-state index contributed by atoms with van der Waals surface area (Å²) in [5.41, 5.74) is 2.14. The number of rotatable bonds is 6. The number of benzene rings is 2. The molecular formula is C20H22N2O4. The minimum Gasteiger partial charge on any atom is -0.451 e. The highest BCUT2D eigenvalue weighted by Crippen LogP contribution is 2.10. The lowest BCUT2D eigenvalue weighted by atomic mass is 10.2. The van der Waals surface area contributed by atoms with E-state index in [0.29, 0.717) is 11.3 Å². The van der Waals surface area contributed by atoms with E-state index in [0.717, 1.165) is 5.56 Å². The zero-order valence-corrected chi connectivity index (χ0v) is 15.0. The largest absolute Gasteiger partial charge is 0.451 e. The Morgan fingerprint density at radius 2 is 1.54 bits per heavy atom. The smallest absolute Gasteiger partial charge is 0.329 e. The summed E-state index contributed by atoms with van der Waals surface area (Å²) in [6, 6.07) is 14.9. The number of nitrogens with one attached hydrogen (secondary N) is 2. The van der Waals surface area contributed by atoms with Gasteiger partial charge in [-0.05, 0) is 45.0 Å². The molecule has 2 aromatic rings. The molecule has 0 aliphatic carbocycles. The van der Waals surface area contributed by atoms with Crippen LogP contribution in [0.15, 0.2) is 54.6 Å². The molecule has 0 aliphatic rings. The fourth-order valence-corrected chi connectivity index (χ4v) is 2.14.